The normalized spacial score (nSPS) is 11.2. The molecule has 0 radical (unpaired) electrons. The van der Waals surface area contributed by atoms with Crippen molar-refractivity contribution >= 4 is 17.8 Å². The van der Waals surface area contributed by atoms with E-state index >= 15 is 0 Å². The molecule has 1 aromatic heterocycles. The van der Waals surface area contributed by atoms with Crippen LogP contribution in [0.25, 0.3) is 0 Å². The minimum Gasteiger partial charge on any atom is -0.481 e. The number of ether oxygens (including phenoxy) is 1. The minimum absolute atomic E-state index is 0.00931. The third-order valence-electron chi connectivity index (χ3n) is 2.84. The Hall–Kier alpha value is -2.18. The van der Waals surface area contributed by atoms with Crippen molar-refractivity contribution in [2.75, 3.05) is 19.0 Å². The van der Waals surface area contributed by atoms with Gasteiger partial charge in [0.25, 0.3) is 0 Å². The fraction of sp³-hybridized carbons (Fsp3) is 0.625. The average molecular weight is 323 g/mol. The summed E-state index contributed by atoms with van der Waals surface area (Å²) in [6.45, 7) is 5.45. The van der Waals surface area contributed by atoms with Crippen molar-refractivity contribution in [1.82, 2.24) is 9.97 Å². The highest BCUT2D eigenvalue weighted by molar-refractivity contribution is 5.70. The van der Waals surface area contributed by atoms with Crippen LogP contribution in [-0.4, -0.2) is 46.7 Å². The van der Waals surface area contributed by atoms with Gasteiger partial charge in [-0.3, -0.25) is 9.59 Å². The maximum Gasteiger partial charge on any atom is 0.306 e. The SMILES string of the molecule is CN(C)c1cc(CCC(=O)O)nc(CCC(=O)OC(C)(C)C)n1. The Balaban J connectivity index is 2.80. The van der Waals surface area contributed by atoms with E-state index in [0.29, 0.717) is 30.2 Å². The summed E-state index contributed by atoms with van der Waals surface area (Å²) in [5.74, 6) is 0.0378. The predicted molar refractivity (Wildman–Crippen MR) is 86.5 cm³/mol. The van der Waals surface area contributed by atoms with Crippen molar-refractivity contribution in [2.45, 2.75) is 52.1 Å². The molecule has 128 valence electrons. The van der Waals surface area contributed by atoms with Crippen LogP contribution in [0, 0.1) is 0 Å². The van der Waals surface area contributed by atoms with Gasteiger partial charge in [-0.05, 0) is 20.8 Å². The fourth-order valence-corrected chi connectivity index (χ4v) is 1.85. The first-order valence-electron chi connectivity index (χ1n) is 7.54. The second kappa shape index (κ2) is 7.89. The second-order valence-corrected chi connectivity index (χ2v) is 6.51. The van der Waals surface area contributed by atoms with Crippen molar-refractivity contribution in [2.24, 2.45) is 0 Å². The third kappa shape index (κ3) is 7.58. The van der Waals surface area contributed by atoms with E-state index in [1.165, 1.54) is 0 Å². The Morgan fingerprint density at radius 3 is 2.35 bits per heavy atom. The van der Waals surface area contributed by atoms with Gasteiger partial charge in [-0.25, -0.2) is 9.97 Å². The molecule has 0 saturated heterocycles. The van der Waals surface area contributed by atoms with Crippen LogP contribution < -0.4 is 4.90 Å². The fourth-order valence-electron chi connectivity index (χ4n) is 1.85. The molecule has 0 atom stereocenters. The lowest BCUT2D eigenvalue weighted by Crippen LogP contribution is -2.24. The first kappa shape index (κ1) is 18.9. The molecule has 1 rings (SSSR count). The zero-order chi connectivity index (χ0) is 17.6. The number of aryl methyl sites for hydroxylation is 2. The van der Waals surface area contributed by atoms with Crippen LogP contribution in [0.1, 0.15) is 45.1 Å². The molecule has 0 aliphatic rings. The minimum atomic E-state index is -0.870. The molecule has 1 N–H and O–H groups in total. The van der Waals surface area contributed by atoms with Crippen molar-refractivity contribution < 1.29 is 19.4 Å². The molecule has 0 aliphatic carbocycles. The summed E-state index contributed by atoms with van der Waals surface area (Å²) < 4.78 is 5.26. The maximum atomic E-state index is 11.8. The number of rotatable bonds is 7. The van der Waals surface area contributed by atoms with Crippen LogP contribution >= 0.6 is 0 Å². The molecule has 7 nitrogen and oxygen atoms in total. The largest absolute Gasteiger partial charge is 0.481 e. The number of carboxylic acids is 1. The molecular formula is C16H25N3O4. The number of carbonyl (C=O) groups excluding carboxylic acids is 1. The highest BCUT2D eigenvalue weighted by Gasteiger charge is 2.17. The number of carbonyl (C=O) groups is 2. The number of carboxylic acid groups (broad SMARTS) is 1. The standard InChI is InChI=1S/C16H25N3O4/c1-16(2,3)23-15(22)9-7-12-17-11(6-8-14(20)21)10-13(18-12)19(4)5/h10H,6-9H2,1-5H3,(H,20,21). The Morgan fingerprint density at radius 1 is 1.17 bits per heavy atom. The number of hydrogen-bond acceptors (Lipinski definition) is 6. The van der Waals surface area contributed by atoms with Gasteiger partial charge in [-0.1, -0.05) is 0 Å². The monoisotopic (exact) mass is 323 g/mol. The summed E-state index contributed by atoms with van der Waals surface area (Å²) in [5.41, 5.74) is 0.140. The van der Waals surface area contributed by atoms with E-state index in [9.17, 15) is 9.59 Å². The summed E-state index contributed by atoms with van der Waals surface area (Å²) in [4.78, 5) is 33.1. The molecule has 1 heterocycles. The summed E-state index contributed by atoms with van der Waals surface area (Å²) in [6.07, 6.45) is 0.886. The van der Waals surface area contributed by atoms with Gasteiger partial charge in [0.15, 0.2) is 0 Å². The van der Waals surface area contributed by atoms with Crippen molar-refractivity contribution in [3.63, 3.8) is 0 Å². The van der Waals surface area contributed by atoms with Crippen molar-refractivity contribution in [3.8, 4) is 0 Å². The van der Waals surface area contributed by atoms with E-state index in [1.54, 1.807) is 6.07 Å². The van der Waals surface area contributed by atoms with Crippen molar-refractivity contribution in [3.05, 3.63) is 17.6 Å². The van der Waals surface area contributed by atoms with Gasteiger partial charge in [0.2, 0.25) is 0 Å². The van der Waals surface area contributed by atoms with E-state index in [1.807, 2.05) is 39.8 Å². The molecule has 0 saturated carbocycles. The van der Waals surface area contributed by atoms with E-state index < -0.39 is 11.6 Å². The number of nitrogens with zero attached hydrogens (tertiary/aromatic N) is 3. The smallest absolute Gasteiger partial charge is 0.306 e. The first-order chi connectivity index (χ1) is 10.6. The lowest BCUT2D eigenvalue weighted by molar-refractivity contribution is -0.154. The van der Waals surface area contributed by atoms with Gasteiger partial charge in [0, 0.05) is 38.7 Å². The number of hydrogen-bond donors (Lipinski definition) is 1. The molecule has 0 bridgehead atoms. The molecular weight excluding hydrogens is 298 g/mol. The van der Waals surface area contributed by atoms with E-state index in [0.717, 1.165) is 0 Å². The number of aliphatic carboxylic acids is 1. The summed E-state index contributed by atoms with van der Waals surface area (Å²) >= 11 is 0. The molecule has 0 fully saturated rings. The molecule has 0 aromatic carbocycles. The van der Waals surface area contributed by atoms with Crippen LogP contribution in [0.3, 0.4) is 0 Å². The highest BCUT2D eigenvalue weighted by Crippen LogP contribution is 2.14. The highest BCUT2D eigenvalue weighted by atomic mass is 16.6. The predicted octanol–water partition coefficient (Wildman–Crippen LogP) is 1.83. The Morgan fingerprint density at radius 2 is 1.83 bits per heavy atom. The number of anilines is 1. The van der Waals surface area contributed by atoms with Gasteiger partial charge in [0.05, 0.1) is 12.8 Å². The van der Waals surface area contributed by atoms with Crippen LogP contribution in [0.4, 0.5) is 5.82 Å². The van der Waals surface area contributed by atoms with Gasteiger partial charge in [0.1, 0.15) is 17.2 Å². The molecule has 1 aromatic rings. The summed E-state index contributed by atoms with van der Waals surface area (Å²) in [6, 6.07) is 1.76. The number of esters is 1. The molecule has 23 heavy (non-hydrogen) atoms. The van der Waals surface area contributed by atoms with Gasteiger partial charge >= 0.3 is 11.9 Å². The maximum absolute atomic E-state index is 11.8. The first-order valence-corrected chi connectivity index (χ1v) is 7.54. The van der Waals surface area contributed by atoms with Crippen LogP contribution in [0.2, 0.25) is 0 Å². The van der Waals surface area contributed by atoms with Crippen LogP contribution in [0.5, 0.6) is 0 Å². The number of aromatic nitrogens is 2. The van der Waals surface area contributed by atoms with E-state index in [2.05, 4.69) is 9.97 Å². The molecule has 0 aliphatic heterocycles. The zero-order valence-electron chi connectivity index (χ0n) is 14.4. The molecule has 0 spiro atoms. The van der Waals surface area contributed by atoms with Crippen molar-refractivity contribution in [1.29, 1.82) is 0 Å². The lowest BCUT2D eigenvalue weighted by atomic mass is 10.2. The molecule has 0 amide bonds. The Kier molecular flexibility index (Phi) is 6.48. The zero-order valence-corrected chi connectivity index (χ0v) is 14.4. The molecule has 0 unspecified atom stereocenters. The summed E-state index contributed by atoms with van der Waals surface area (Å²) in [5, 5.41) is 8.79. The van der Waals surface area contributed by atoms with Gasteiger partial charge in [-0.2, -0.15) is 0 Å². The van der Waals surface area contributed by atoms with Gasteiger partial charge in [-0.15, -0.1) is 0 Å². The Labute approximate surface area is 136 Å². The quantitative estimate of drug-likeness (QED) is 0.765. The average Bonchev–Trinajstić information content (AvgIpc) is 2.41. The van der Waals surface area contributed by atoms with E-state index in [-0.39, 0.29) is 18.8 Å². The topological polar surface area (TPSA) is 92.6 Å². The van der Waals surface area contributed by atoms with Gasteiger partial charge < -0.3 is 14.7 Å². The lowest BCUT2D eigenvalue weighted by Gasteiger charge is -2.19. The second-order valence-electron chi connectivity index (χ2n) is 6.51. The molecule has 7 heteroatoms. The van der Waals surface area contributed by atoms with E-state index in [4.69, 9.17) is 9.84 Å². The third-order valence-corrected chi connectivity index (χ3v) is 2.84. The summed E-state index contributed by atoms with van der Waals surface area (Å²) in [7, 11) is 3.70. The van der Waals surface area contributed by atoms with Crippen LogP contribution in [-0.2, 0) is 27.2 Å². The van der Waals surface area contributed by atoms with Crippen LogP contribution in [0.15, 0.2) is 6.07 Å². The Bertz CT molecular complexity index is 565.